The molecule has 1 aromatic carbocycles. The number of halogens is 2. The zero-order valence-corrected chi connectivity index (χ0v) is 10.6. The lowest BCUT2D eigenvalue weighted by Gasteiger charge is -2.34. The third-order valence-electron chi connectivity index (χ3n) is 3.35. The summed E-state index contributed by atoms with van der Waals surface area (Å²) < 4.78 is 26.9. The maximum Gasteiger partial charge on any atom is 0.379 e. The average Bonchev–Trinajstić information content (AvgIpc) is 2.39. The van der Waals surface area contributed by atoms with Crippen LogP contribution in [0.5, 0.6) is 0 Å². The minimum Gasteiger partial charge on any atom is -0.477 e. The second kappa shape index (κ2) is 5.13. The molecule has 6 heteroatoms. The van der Waals surface area contributed by atoms with Crippen LogP contribution in [0.2, 0.25) is 0 Å². The standard InChI is InChI=1S/C13H16F2N2O2/c1-16-5-7-17(8-6-16)11-4-2-3-10(9-11)13(14,15)12(18)19/h2-4,9H,5-8H2,1H3,(H,18,19). The van der Waals surface area contributed by atoms with Gasteiger partial charge in [-0.25, -0.2) is 4.79 Å². The normalized spacial score (nSPS) is 17.5. The van der Waals surface area contributed by atoms with Crippen molar-refractivity contribution in [2.45, 2.75) is 5.92 Å². The lowest BCUT2D eigenvalue weighted by Crippen LogP contribution is -2.44. The van der Waals surface area contributed by atoms with Gasteiger partial charge in [-0.05, 0) is 19.2 Å². The van der Waals surface area contributed by atoms with Gasteiger partial charge in [-0.15, -0.1) is 0 Å². The Morgan fingerprint density at radius 1 is 1.26 bits per heavy atom. The predicted octanol–water partition coefficient (Wildman–Crippen LogP) is 1.61. The van der Waals surface area contributed by atoms with Crippen molar-refractivity contribution in [2.75, 3.05) is 38.1 Å². The zero-order valence-electron chi connectivity index (χ0n) is 10.6. The molecule has 0 spiro atoms. The number of likely N-dealkylation sites (N-methyl/N-ethyl adjacent to an activating group) is 1. The Labute approximate surface area is 110 Å². The summed E-state index contributed by atoms with van der Waals surface area (Å²) in [6.07, 6.45) is 0. The third-order valence-corrected chi connectivity index (χ3v) is 3.35. The molecule has 1 aromatic rings. The average molecular weight is 270 g/mol. The summed E-state index contributed by atoms with van der Waals surface area (Å²) in [5.74, 6) is -5.97. The quantitative estimate of drug-likeness (QED) is 0.906. The molecule has 0 amide bonds. The van der Waals surface area contributed by atoms with Crippen LogP contribution in [-0.4, -0.2) is 49.2 Å². The van der Waals surface area contributed by atoms with Gasteiger partial charge in [0.25, 0.3) is 0 Å². The van der Waals surface area contributed by atoms with Gasteiger partial charge in [-0.1, -0.05) is 12.1 Å². The lowest BCUT2D eigenvalue weighted by molar-refractivity contribution is -0.166. The lowest BCUT2D eigenvalue weighted by atomic mass is 10.1. The number of hydrogen-bond donors (Lipinski definition) is 1. The highest BCUT2D eigenvalue weighted by Gasteiger charge is 2.41. The van der Waals surface area contributed by atoms with Crippen LogP contribution in [0.15, 0.2) is 24.3 Å². The van der Waals surface area contributed by atoms with Crippen molar-refractivity contribution in [1.29, 1.82) is 0 Å². The van der Waals surface area contributed by atoms with E-state index in [1.165, 1.54) is 12.1 Å². The van der Waals surface area contributed by atoms with Crippen LogP contribution in [0.3, 0.4) is 0 Å². The van der Waals surface area contributed by atoms with Crippen molar-refractivity contribution in [3.63, 3.8) is 0 Å². The molecule has 1 saturated heterocycles. The minimum atomic E-state index is -3.84. The Kier molecular flexibility index (Phi) is 3.71. The van der Waals surface area contributed by atoms with Crippen molar-refractivity contribution in [2.24, 2.45) is 0 Å². The Morgan fingerprint density at radius 2 is 1.89 bits per heavy atom. The number of carboxylic acids is 1. The molecule has 1 heterocycles. The van der Waals surface area contributed by atoms with Crippen molar-refractivity contribution in [3.8, 4) is 0 Å². The molecule has 2 rings (SSSR count). The van der Waals surface area contributed by atoms with E-state index in [2.05, 4.69) is 4.90 Å². The van der Waals surface area contributed by atoms with Gasteiger partial charge in [0.1, 0.15) is 0 Å². The largest absolute Gasteiger partial charge is 0.477 e. The Bertz CT molecular complexity index is 471. The molecule has 4 nitrogen and oxygen atoms in total. The molecule has 0 radical (unpaired) electrons. The number of alkyl halides is 2. The van der Waals surface area contributed by atoms with E-state index in [1.807, 2.05) is 11.9 Å². The van der Waals surface area contributed by atoms with Crippen molar-refractivity contribution >= 4 is 11.7 Å². The van der Waals surface area contributed by atoms with E-state index in [0.29, 0.717) is 5.69 Å². The van der Waals surface area contributed by atoms with Gasteiger partial charge in [0, 0.05) is 37.4 Å². The monoisotopic (exact) mass is 270 g/mol. The molecular formula is C13H16F2N2O2. The van der Waals surface area contributed by atoms with Crippen LogP contribution < -0.4 is 4.90 Å². The van der Waals surface area contributed by atoms with Gasteiger partial charge in [-0.2, -0.15) is 8.78 Å². The number of rotatable bonds is 3. The van der Waals surface area contributed by atoms with Gasteiger partial charge < -0.3 is 14.9 Å². The predicted molar refractivity (Wildman–Crippen MR) is 67.7 cm³/mol. The molecule has 0 saturated carbocycles. The summed E-state index contributed by atoms with van der Waals surface area (Å²) >= 11 is 0. The number of hydrogen-bond acceptors (Lipinski definition) is 3. The fourth-order valence-corrected chi connectivity index (χ4v) is 2.09. The summed E-state index contributed by atoms with van der Waals surface area (Å²) in [7, 11) is 2.01. The number of aliphatic carboxylic acids is 1. The fourth-order valence-electron chi connectivity index (χ4n) is 2.09. The van der Waals surface area contributed by atoms with Gasteiger partial charge in [0.2, 0.25) is 0 Å². The highest BCUT2D eigenvalue weighted by atomic mass is 19.3. The first-order valence-electron chi connectivity index (χ1n) is 6.06. The first kappa shape index (κ1) is 13.7. The molecule has 1 aliphatic rings. The highest BCUT2D eigenvalue weighted by molar-refractivity contribution is 5.77. The Balaban J connectivity index is 2.22. The van der Waals surface area contributed by atoms with E-state index < -0.39 is 17.5 Å². The second-order valence-electron chi connectivity index (χ2n) is 4.72. The second-order valence-corrected chi connectivity index (χ2v) is 4.72. The summed E-state index contributed by atoms with van der Waals surface area (Å²) in [5, 5.41) is 8.56. The molecule has 0 bridgehead atoms. The Hall–Kier alpha value is -1.69. The minimum absolute atomic E-state index is 0.476. The molecule has 0 atom stereocenters. The molecule has 1 fully saturated rings. The van der Waals surface area contributed by atoms with E-state index in [0.717, 1.165) is 32.2 Å². The van der Waals surface area contributed by atoms with Crippen LogP contribution in [-0.2, 0) is 10.7 Å². The first-order chi connectivity index (χ1) is 8.91. The Morgan fingerprint density at radius 3 is 2.47 bits per heavy atom. The number of carboxylic acid groups (broad SMARTS) is 1. The molecule has 0 aromatic heterocycles. The highest BCUT2D eigenvalue weighted by Crippen LogP contribution is 2.31. The fraction of sp³-hybridized carbons (Fsp3) is 0.462. The van der Waals surface area contributed by atoms with E-state index in [1.54, 1.807) is 6.07 Å². The van der Waals surface area contributed by atoms with Gasteiger partial charge >= 0.3 is 11.9 Å². The molecule has 104 valence electrons. The van der Waals surface area contributed by atoms with Gasteiger partial charge in [0.05, 0.1) is 0 Å². The molecule has 0 aliphatic carbocycles. The van der Waals surface area contributed by atoms with Crippen molar-refractivity contribution < 1.29 is 18.7 Å². The van der Waals surface area contributed by atoms with Crippen LogP contribution >= 0.6 is 0 Å². The summed E-state index contributed by atoms with van der Waals surface area (Å²) in [4.78, 5) is 14.7. The van der Waals surface area contributed by atoms with Crippen LogP contribution in [0.4, 0.5) is 14.5 Å². The molecule has 0 unspecified atom stereocenters. The first-order valence-corrected chi connectivity index (χ1v) is 6.06. The van der Waals surface area contributed by atoms with Crippen LogP contribution in [0, 0.1) is 0 Å². The van der Waals surface area contributed by atoms with Crippen LogP contribution in [0.25, 0.3) is 0 Å². The number of nitrogens with zero attached hydrogens (tertiary/aromatic N) is 2. The number of carbonyl (C=O) groups is 1. The molecular weight excluding hydrogens is 254 g/mol. The number of piperazine rings is 1. The molecule has 1 aliphatic heterocycles. The van der Waals surface area contributed by atoms with Crippen molar-refractivity contribution in [3.05, 3.63) is 29.8 Å². The number of benzene rings is 1. The van der Waals surface area contributed by atoms with Crippen LogP contribution in [0.1, 0.15) is 5.56 Å². The maximum absolute atomic E-state index is 13.5. The van der Waals surface area contributed by atoms with Gasteiger partial charge in [0.15, 0.2) is 0 Å². The third kappa shape index (κ3) is 2.84. The maximum atomic E-state index is 13.5. The van der Waals surface area contributed by atoms with E-state index in [4.69, 9.17) is 5.11 Å². The molecule has 19 heavy (non-hydrogen) atoms. The van der Waals surface area contributed by atoms with E-state index in [9.17, 15) is 13.6 Å². The topological polar surface area (TPSA) is 43.8 Å². The zero-order chi connectivity index (χ0) is 14.0. The van der Waals surface area contributed by atoms with Gasteiger partial charge in [-0.3, -0.25) is 0 Å². The molecule has 1 N–H and O–H groups in total. The van der Waals surface area contributed by atoms with E-state index >= 15 is 0 Å². The summed E-state index contributed by atoms with van der Waals surface area (Å²) in [6.45, 7) is 3.22. The van der Waals surface area contributed by atoms with E-state index in [-0.39, 0.29) is 0 Å². The summed E-state index contributed by atoms with van der Waals surface area (Å²) in [6, 6.07) is 5.61. The smallest absolute Gasteiger partial charge is 0.379 e. The SMILES string of the molecule is CN1CCN(c2cccc(C(F)(F)C(=O)O)c2)CC1. The van der Waals surface area contributed by atoms with Crippen molar-refractivity contribution in [1.82, 2.24) is 4.90 Å². The number of anilines is 1. The summed E-state index contributed by atoms with van der Waals surface area (Å²) in [5.41, 5.74) is 0.169.